The lowest BCUT2D eigenvalue weighted by molar-refractivity contribution is -0.122. The van der Waals surface area contributed by atoms with E-state index in [2.05, 4.69) is 49.3 Å². The first-order valence-electron chi connectivity index (χ1n) is 19.6. The molecule has 8 amide bonds. The number of nitrogens with one attached hydrogen (secondary N) is 1. The predicted molar refractivity (Wildman–Crippen MR) is 208 cm³/mol. The number of amides is 8. The molecule has 0 radical (unpaired) electrons. The number of anilines is 3. The van der Waals surface area contributed by atoms with Crippen molar-refractivity contribution in [2.75, 3.05) is 80.7 Å². The smallest absolute Gasteiger partial charge is 0.343 e. The van der Waals surface area contributed by atoms with Crippen molar-refractivity contribution < 1.29 is 28.8 Å². The Morgan fingerprint density at radius 2 is 1.60 bits per heavy atom. The zero-order valence-corrected chi connectivity index (χ0v) is 31.9. The van der Waals surface area contributed by atoms with Crippen LogP contribution in [-0.4, -0.2) is 137 Å². The van der Waals surface area contributed by atoms with Crippen LogP contribution >= 0.6 is 0 Å². The van der Waals surface area contributed by atoms with Gasteiger partial charge in [0, 0.05) is 89.0 Å². The number of imide groups is 2. The summed E-state index contributed by atoms with van der Waals surface area (Å²) in [6.45, 7) is 6.35. The minimum atomic E-state index is -0.781. The van der Waals surface area contributed by atoms with Gasteiger partial charge in [-0.3, -0.25) is 24.5 Å². The van der Waals surface area contributed by atoms with E-state index in [1.54, 1.807) is 23.2 Å². The Morgan fingerprint density at radius 1 is 0.860 bits per heavy atom. The second kappa shape index (κ2) is 14.0. The molecule has 2 aromatic carbocycles. The average molecular weight is 776 g/mol. The van der Waals surface area contributed by atoms with E-state index in [0.717, 1.165) is 98.5 Å². The number of hydrogen-bond acceptors (Lipinski definition) is 11. The van der Waals surface area contributed by atoms with Crippen LogP contribution in [0.15, 0.2) is 48.7 Å². The van der Waals surface area contributed by atoms with Gasteiger partial charge in [-0.15, -0.1) is 0 Å². The van der Waals surface area contributed by atoms with E-state index in [-0.39, 0.29) is 47.3 Å². The van der Waals surface area contributed by atoms with Crippen molar-refractivity contribution in [3.63, 3.8) is 0 Å². The van der Waals surface area contributed by atoms with Crippen LogP contribution in [0.3, 0.4) is 0 Å². The highest BCUT2D eigenvalue weighted by atomic mass is 16.2. The lowest BCUT2D eigenvalue weighted by Crippen LogP contribution is -2.60. The molecule has 3 aromatic rings. The van der Waals surface area contributed by atoms with Crippen molar-refractivity contribution in [2.45, 2.75) is 44.6 Å². The summed E-state index contributed by atoms with van der Waals surface area (Å²) in [4.78, 5) is 95.3. The van der Waals surface area contributed by atoms with Crippen molar-refractivity contribution in [1.29, 1.82) is 0 Å². The largest absolute Gasteiger partial charge is 0.371 e. The maximum Gasteiger partial charge on any atom is 0.343 e. The minimum absolute atomic E-state index is 0.0107. The number of carbonyl (C=O) groups excluding carboxylic acids is 6. The Balaban J connectivity index is 0.806. The van der Waals surface area contributed by atoms with Crippen LogP contribution < -0.4 is 25.8 Å². The van der Waals surface area contributed by atoms with Crippen LogP contribution in [0.4, 0.5) is 26.8 Å². The number of carbonyl (C=O) groups is 6. The van der Waals surface area contributed by atoms with Gasteiger partial charge in [0.05, 0.1) is 35.6 Å². The number of primary amides is 1. The summed E-state index contributed by atoms with van der Waals surface area (Å²) in [6, 6.07) is 13.0. The monoisotopic (exact) mass is 775 g/mol. The van der Waals surface area contributed by atoms with E-state index in [9.17, 15) is 28.8 Å². The molecule has 296 valence electrons. The summed E-state index contributed by atoms with van der Waals surface area (Å²) in [5, 5.41) is 4.01. The van der Waals surface area contributed by atoms with Crippen LogP contribution in [0.2, 0.25) is 0 Å². The molecule has 5 saturated heterocycles. The molecule has 0 saturated carbocycles. The third-order valence-electron chi connectivity index (χ3n) is 12.5. The molecule has 5 fully saturated rings. The van der Waals surface area contributed by atoms with Crippen LogP contribution in [-0.2, 0) is 11.2 Å². The quantitative estimate of drug-likeness (QED) is 0.319. The highest BCUT2D eigenvalue weighted by Crippen LogP contribution is 2.44. The molecule has 0 aliphatic carbocycles. The topological polar surface area (TPSA) is 189 Å². The van der Waals surface area contributed by atoms with Crippen LogP contribution in [0, 0.1) is 5.41 Å². The number of piperidine rings is 2. The van der Waals surface area contributed by atoms with E-state index < -0.39 is 29.7 Å². The number of fused-ring (bicyclic) bond motifs is 1. The molecule has 6 aliphatic rings. The fourth-order valence-electron chi connectivity index (χ4n) is 9.22. The highest BCUT2D eigenvalue weighted by Gasteiger charge is 2.47. The molecule has 6 aliphatic heterocycles. The Bertz CT molecular complexity index is 2180. The van der Waals surface area contributed by atoms with Crippen LogP contribution in [0.25, 0.3) is 0 Å². The van der Waals surface area contributed by atoms with Crippen molar-refractivity contribution in [3.8, 4) is 0 Å². The van der Waals surface area contributed by atoms with E-state index in [4.69, 9.17) is 10.7 Å². The second-order valence-electron chi connectivity index (χ2n) is 16.1. The summed E-state index contributed by atoms with van der Waals surface area (Å²) in [7, 11) is 1.83. The summed E-state index contributed by atoms with van der Waals surface area (Å²) in [5.41, 5.74) is 10.1. The zero-order chi connectivity index (χ0) is 39.6. The molecule has 57 heavy (non-hydrogen) atoms. The van der Waals surface area contributed by atoms with E-state index >= 15 is 0 Å². The summed E-state index contributed by atoms with van der Waals surface area (Å²) in [5.74, 6) is -1.51. The lowest BCUT2D eigenvalue weighted by Gasteiger charge is -2.55. The molecule has 9 rings (SSSR count). The molecule has 0 unspecified atom stereocenters. The Kier molecular flexibility index (Phi) is 8.96. The first kappa shape index (κ1) is 36.4. The molecule has 17 nitrogen and oxygen atoms in total. The number of nitrogens with two attached hydrogens (primary N) is 1. The maximum atomic E-state index is 13.3. The first-order chi connectivity index (χ1) is 27.5. The summed E-state index contributed by atoms with van der Waals surface area (Å²) in [6.07, 6.45) is 5.91. The van der Waals surface area contributed by atoms with Gasteiger partial charge in [0.1, 0.15) is 11.5 Å². The number of aromatic nitrogens is 2. The van der Waals surface area contributed by atoms with Gasteiger partial charge in [-0.1, -0.05) is 12.1 Å². The normalized spacial score (nSPS) is 22.1. The fraction of sp³-hybridized carbons (Fsp3) is 0.450. The Morgan fingerprint density at radius 3 is 2.30 bits per heavy atom. The number of hydrazine groups is 1. The number of urea groups is 2. The second-order valence-corrected chi connectivity index (χ2v) is 16.1. The minimum Gasteiger partial charge on any atom is -0.371 e. The van der Waals surface area contributed by atoms with Crippen molar-refractivity contribution >= 4 is 52.9 Å². The number of likely N-dealkylation sites (N-methyl/N-ethyl adjacent to an activating group) is 1. The molecule has 17 heteroatoms. The van der Waals surface area contributed by atoms with Gasteiger partial charge in [-0.05, 0) is 61.6 Å². The summed E-state index contributed by atoms with van der Waals surface area (Å²) >= 11 is 0. The van der Waals surface area contributed by atoms with Crippen LogP contribution in [0.1, 0.15) is 74.6 Å². The standard InChI is InChI=1S/C40H45N11O6/c1-45-17-18-49(39(45)57)28-3-2-13-47(22-28)32-21-42-34(35(41)53)31(43-32)19-25-4-6-26(7-5-25)46-15-11-40(12-16-46)23-48(24-40)27-8-9-29-30(20-27)37(55)51(36(29)54)50-14-10-33(52)44-38(50)56/h4-9,20-21,28H,2-3,10-19,22-24H2,1H3,(H2,41,53)(H,44,52,56)/t28-/m0/s1. The summed E-state index contributed by atoms with van der Waals surface area (Å²) < 4.78 is 0. The SMILES string of the molecule is CN1CCN([C@H]2CCCN(c3cnc(C(N)=O)c(Cc4ccc(N5CCC6(CC5)CN(c5ccc7c(c5)C(=O)N(N5CCC(=O)NC5=O)C7=O)C6)cc4)n3)C2)C1=O. The van der Waals surface area contributed by atoms with Crippen molar-refractivity contribution in [3.05, 3.63) is 76.7 Å². The number of nitrogens with zero attached hydrogens (tertiary/aromatic N) is 9. The molecule has 0 bridgehead atoms. The maximum absolute atomic E-state index is 13.3. The van der Waals surface area contributed by atoms with E-state index in [1.165, 1.54) is 0 Å². The Hall–Kier alpha value is -6.26. The number of rotatable bonds is 8. The van der Waals surface area contributed by atoms with Gasteiger partial charge < -0.3 is 30.2 Å². The lowest BCUT2D eigenvalue weighted by atomic mass is 9.71. The van der Waals surface area contributed by atoms with Crippen molar-refractivity contribution in [2.24, 2.45) is 11.1 Å². The molecule has 1 aromatic heterocycles. The highest BCUT2D eigenvalue weighted by molar-refractivity contribution is 6.22. The molecule has 1 spiro atoms. The molecule has 7 heterocycles. The van der Waals surface area contributed by atoms with Gasteiger partial charge in [0.15, 0.2) is 0 Å². The Labute approximate surface area is 329 Å². The van der Waals surface area contributed by atoms with Gasteiger partial charge in [-0.25, -0.2) is 24.6 Å². The average Bonchev–Trinajstić information content (AvgIpc) is 3.66. The van der Waals surface area contributed by atoms with Gasteiger partial charge in [0.2, 0.25) is 5.91 Å². The van der Waals surface area contributed by atoms with Gasteiger partial charge >= 0.3 is 12.1 Å². The molecule has 1 atom stereocenters. The first-order valence-corrected chi connectivity index (χ1v) is 19.6. The van der Waals surface area contributed by atoms with E-state index in [0.29, 0.717) is 24.5 Å². The predicted octanol–water partition coefficient (Wildman–Crippen LogP) is 2.06. The molecule has 3 N–H and O–H groups in total. The zero-order valence-electron chi connectivity index (χ0n) is 31.9. The number of benzene rings is 2. The van der Waals surface area contributed by atoms with Gasteiger partial charge in [0.25, 0.3) is 17.7 Å². The van der Waals surface area contributed by atoms with E-state index in [1.807, 2.05) is 18.0 Å². The molecular formula is C40H45N11O6. The molecular weight excluding hydrogens is 731 g/mol. The third kappa shape index (κ3) is 6.53. The van der Waals surface area contributed by atoms with Crippen LogP contribution in [0.5, 0.6) is 0 Å². The fourth-order valence-corrected chi connectivity index (χ4v) is 9.22. The third-order valence-corrected chi connectivity index (χ3v) is 12.5. The number of hydrogen-bond donors (Lipinski definition) is 2. The van der Waals surface area contributed by atoms with Gasteiger partial charge in [-0.2, -0.15) is 5.01 Å². The van der Waals surface area contributed by atoms with Crippen molar-refractivity contribution in [1.82, 2.24) is 35.1 Å².